The van der Waals surface area contributed by atoms with E-state index in [1.165, 1.54) is 0 Å². The molecule has 1 aromatic rings. The zero-order valence-corrected chi connectivity index (χ0v) is 6.32. The van der Waals surface area contributed by atoms with E-state index in [4.69, 9.17) is 10.3 Å². The maximum Gasteiger partial charge on any atom is 0.146 e. The first kappa shape index (κ1) is 7.72. The monoisotopic (exact) mass is 149 g/mol. The molecule has 0 amide bonds. The molecule has 0 aliphatic heterocycles. The van der Waals surface area contributed by atoms with Gasteiger partial charge in [0.1, 0.15) is 11.4 Å². The fourth-order valence-electron chi connectivity index (χ4n) is 0.817. The fraction of sp³-hybridized carbons (Fsp3) is 0.250. The second-order valence-electron chi connectivity index (χ2n) is 2.00. The predicted molar refractivity (Wildman–Crippen MR) is 41.8 cm³/mol. The van der Waals surface area contributed by atoms with Crippen molar-refractivity contribution in [1.82, 2.24) is 5.53 Å². The summed E-state index contributed by atoms with van der Waals surface area (Å²) >= 11 is 0. The molecule has 1 radical (unpaired) electrons. The molecule has 0 saturated heterocycles. The van der Waals surface area contributed by atoms with Crippen molar-refractivity contribution in [2.45, 2.75) is 6.92 Å². The lowest BCUT2D eigenvalue weighted by Crippen LogP contribution is -1.90. The number of ether oxygens (including phenoxy) is 1. The largest absolute Gasteiger partial charge is 0.492 e. The summed E-state index contributed by atoms with van der Waals surface area (Å²) in [5, 5.41) is 3.06. The highest BCUT2D eigenvalue weighted by molar-refractivity contribution is 5.50. The molecule has 0 aliphatic carbocycles. The highest BCUT2D eigenvalue weighted by Gasteiger charge is 1.98. The second kappa shape index (κ2) is 3.71. The molecule has 1 rings (SSSR count). The predicted octanol–water partition coefficient (Wildman–Crippen LogP) is 1.97. The molecule has 0 spiro atoms. The summed E-state index contributed by atoms with van der Waals surface area (Å²) in [5.74, 6) is 0.609. The SMILES string of the molecule is CCOc1ccccc1N=[N]. The minimum Gasteiger partial charge on any atom is -0.492 e. The first-order chi connectivity index (χ1) is 5.38. The summed E-state index contributed by atoms with van der Waals surface area (Å²) in [7, 11) is 0. The third-order valence-electron chi connectivity index (χ3n) is 1.27. The molecular weight excluding hydrogens is 140 g/mol. The Morgan fingerprint density at radius 2 is 2.18 bits per heavy atom. The van der Waals surface area contributed by atoms with Crippen LogP contribution in [0.4, 0.5) is 5.69 Å². The van der Waals surface area contributed by atoms with Crippen molar-refractivity contribution in [3.05, 3.63) is 24.3 Å². The summed E-state index contributed by atoms with van der Waals surface area (Å²) in [6.45, 7) is 2.46. The van der Waals surface area contributed by atoms with Crippen LogP contribution in [0.3, 0.4) is 0 Å². The zero-order valence-electron chi connectivity index (χ0n) is 6.32. The van der Waals surface area contributed by atoms with Crippen molar-refractivity contribution in [3.8, 4) is 5.75 Å². The van der Waals surface area contributed by atoms with Gasteiger partial charge in [-0.25, -0.2) is 0 Å². The number of nitrogens with zero attached hydrogens (tertiary/aromatic N) is 2. The van der Waals surface area contributed by atoms with E-state index in [0.717, 1.165) is 0 Å². The van der Waals surface area contributed by atoms with Crippen molar-refractivity contribution in [1.29, 1.82) is 0 Å². The Labute approximate surface area is 65.5 Å². The van der Waals surface area contributed by atoms with Gasteiger partial charge in [-0.1, -0.05) is 12.1 Å². The van der Waals surface area contributed by atoms with Gasteiger partial charge in [0.2, 0.25) is 0 Å². The van der Waals surface area contributed by atoms with Gasteiger partial charge in [0.25, 0.3) is 0 Å². The van der Waals surface area contributed by atoms with Gasteiger partial charge in [-0.05, 0) is 24.6 Å². The van der Waals surface area contributed by atoms with Gasteiger partial charge in [-0.2, -0.15) is 0 Å². The van der Waals surface area contributed by atoms with E-state index >= 15 is 0 Å². The van der Waals surface area contributed by atoms with E-state index < -0.39 is 0 Å². The Morgan fingerprint density at radius 1 is 1.45 bits per heavy atom. The normalized spacial score (nSPS) is 9.18. The Balaban J connectivity index is 2.92. The molecule has 1 aromatic carbocycles. The molecule has 3 nitrogen and oxygen atoms in total. The molecule has 0 atom stereocenters. The van der Waals surface area contributed by atoms with Crippen LogP contribution in [0.2, 0.25) is 0 Å². The molecule has 0 unspecified atom stereocenters. The third-order valence-corrected chi connectivity index (χ3v) is 1.27. The van der Waals surface area contributed by atoms with E-state index in [1.54, 1.807) is 18.2 Å². The van der Waals surface area contributed by atoms with Gasteiger partial charge in [0.05, 0.1) is 6.61 Å². The number of benzene rings is 1. The van der Waals surface area contributed by atoms with Crippen molar-refractivity contribution in [2.24, 2.45) is 5.11 Å². The smallest absolute Gasteiger partial charge is 0.146 e. The lowest BCUT2D eigenvalue weighted by Gasteiger charge is -2.03. The molecule has 57 valence electrons. The van der Waals surface area contributed by atoms with E-state index in [2.05, 4.69) is 5.11 Å². The third kappa shape index (κ3) is 1.77. The Bertz CT molecular complexity index is 248. The fourth-order valence-corrected chi connectivity index (χ4v) is 0.817. The van der Waals surface area contributed by atoms with E-state index in [9.17, 15) is 0 Å². The van der Waals surface area contributed by atoms with Crippen LogP contribution in [0.25, 0.3) is 0 Å². The van der Waals surface area contributed by atoms with Crippen molar-refractivity contribution >= 4 is 5.69 Å². The Kier molecular flexibility index (Phi) is 2.60. The summed E-state index contributed by atoms with van der Waals surface area (Å²) in [6, 6.07) is 7.07. The Hall–Kier alpha value is -1.38. The van der Waals surface area contributed by atoms with Crippen LogP contribution in [-0.4, -0.2) is 6.61 Å². The number of rotatable bonds is 3. The van der Waals surface area contributed by atoms with Crippen LogP contribution in [0, 0.1) is 0 Å². The molecule has 0 saturated carbocycles. The van der Waals surface area contributed by atoms with Crippen LogP contribution in [0.5, 0.6) is 5.75 Å². The molecule has 0 aliphatic rings. The van der Waals surface area contributed by atoms with Gasteiger partial charge in [0.15, 0.2) is 0 Å². The minimum atomic E-state index is 0.467. The number of hydrogen-bond acceptors (Lipinski definition) is 2. The first-order valence-electron chi connectivity index (χ1n) is 3.45. The van der Waals surface area contributed by atoms with Crippen LogP contribution in [0.1, 0.15) is 6.92 Å². The maximum absolute atomic E-state index is 8.49. The molecule has 0 fully saturated rings. The average molecular weight is 149 g/mol. The highest BCUT2D eigenvalue weighted by atomic mass is 16.5. The summed E-state index contributed by atoms with van der Waals surface area (Å²) in [4.78, 5) is 0. The van der Waals surface area contributed by atoms with Gasteiger partial charge in [-0.15, -0.1) is 5.11 Å². The minimum absolute atomic E-state index is 0.467. The lowest BCUT2D eigenvalue weighted by atomic mass is 10.3. The standard InChI is InChI=1S/C8H9N2O/c1-2-11-8-6-4-3-5-7(8)10-9/h3-6H,2H2,1H3. The second-order valence-corrected chi connectivity index (χ2v) is 2.00. The van der Waals surface area contributed by atoms with Crippen LogP contribution in [0.15, 0.2) is 29.4 Å². The summed E-state index contributed by atoms with van der Waals surface area (Å²) < 4.78 is 5.17. The first-order valence-corrected chi connectivity index (χ1v) is 3.45. The van der Waals surface area contributed by atoms with E-state index in [0.29, 0.717) is 18.0 Å². The molecule has 0 heterocycles. The van der Waals surface area contributed by atoms with Crippen LogP contribution < -0.4 is 10.3 Å². The molecule has 3 heteroatoms. The van der Waals surface area contributed by atoms with Crippen molar-refractivity contribution in [3.63, 3.8) is 0 Å². The van der Waals surface area contributed by atoms with Gasteiger partial charge < -0.3 is 4.74 Å². The average Bonchev–Trinajstić information content (AvgIpc) is 2.06. The molecule has 11 heavy (non-hydrogen) atoms. The lowest BCUT2D eigenvalue weighted by molar-refractivity contribution is 0.341. The van der Waals surface area contributed by atoms with Gasteiger partial charge in [0, 0.05) is 0 Å². The van der Waals surface area contributed by atoms with E-state index in [1.807, 2.05) is 13.0 Å². The Morgan fingerprint density at radius 3 is 2.82 bits per heavy atom. The van der Waals surface area contributed by atoms with Crippen molar-refractivity contribution < 1.29 is 4.74 Å². The number of hydrogen-bond donors (Lipinski definition) is 0. The zero-order chi connectivity index (χ0) is 8.10. The van der Waals surface area contributed by atoms with Gasteiger partial charge >= 0.3 is 0 Å². The molecular formula is C8H9N2O. The quantitative estimate of drug-likeness (QED) is 0.606. The van der Waals surface area contributed by atoms with Crippen LogP contribution >= 0.6 is 0 Å². The summed E-state index contributed by atoms with van der Waals surface area (Å²) in [5.41, 5.74) is 8.96. The molecule has 0 N–H and O–H groups in total. The molecule has 0 bridgehead atoms. The highest BCUT2D eigenvalue weighted by Crippen LogP contribution is 2.25. The topological polar surface area (TPSA) is 43.9 Å². The number of para-hydroxylation sites is 1. The molecule has 0 aromatic heterocycles. The van der Waals surface area contributed by atoms with Crippen molar-refractivity contribution in [2.75, 3.05) is 6.61 Å². The van der Waals surface area contributed by atoms with Crippen LogP contribution in [-0.2, 0) is 0 Å². The van der Waals surface area contributed by atoms with Gasteiger partial charge in [-0.3, -0.25) is 0 Å². The summed E-state index contributed by atoms with van der Waals surface area (Å²) in [6.07, 6.45) is 0. The van der Waals surface area contributed by atoms with E-state index in [-0.39, 0.29) is 0 Å². The maximum atomic E-state index is 8.49.